The van der Waals surface area contributed by atoms with Crippen molar-refractivity contribution in [1.29, 1.82) is 0 Å². The summed E-state index contributed by atoms with van der Waals surface area (Å²) in [5.74, 6) is 0.521. The van der Waals surface area contributed by atoms with Gasteiger partial charge in [-0.3, -0.25) is 9.58 Å². The molecule has 1 saturated heterocycles. The first-order chi connectivity index (χ1) is 10.1. The molecule has 21 heavy (non-hydrogen) atoms. The van der Waals surface area contributed by atoms with E-state index in [2.05, 4.69) is 27.7 Å². The van der Waals surface area contributed by atoms with Crippen LogP contribution in [0, 0.1) is 19.7 Å². The molecule has 1 aromatic carbocycles. The highest BCUT2D eigenvalue weighted by atomic mass is 19.1. The molecule has 5 heteroatoms. The highest BCUT2D eigenvalue weighted by molar-refractivity contribution is 5.34. The SMILES string of the molecule is COc1ccc(F)cc1CN1CC(n2nc(C)cc2C)C1. The van der Waals surface area contributed by atoms with Crippen molar-refractivity contribution in [2.45, 2.75) is 26.4 Å². The monoisotopic (exact) mass is 289 g/mol. The van der Waals surface area contributed by atoms with Gasteiger partial charge in [0.1, 0.15) is 11.6 Å². The summed E-state index contributed by atoms with van der Waals surface area (Å²) in [6.07, 6.45) is 0. The minimum Gasteiger partial charge on any atom is -0.496 e. The lowest BCUT2D eigenvalue weighted by molar-refractivity contribution is 0.0883. The highest BCUT2D eigenvalue weighted by Gasteiger charge is 2.30. The van der Waals surface area contributed by atoms with E-state index in [1.807, 2.05) is 6.92 Å². The number of nitrogens with zero attached hydrogens (tertiary/aromatic N) is 3. The summed E-state index contributed by atoms with van der Waals surface area (Å²) < 4.78 is 20.7. The van der Waals surface area contributed by atoms with Gasteiger partial charge in [0.2, 0.25) is 0 Å². The van der Waals surface area contributed by atoms with Crippen LogP contribution in [0.25, 0.3) is 0 Å². The van der Waals surface area contributed by atoms with E-state index in [-0.39, 0.29) is 5.82 Å². The van der Waals surface area contributed by atoms with Gasteiger partial charge in [-0.05, 0) is 38.1 Å². The lowest BCUT2D eigenvalue weighted by atomic mass is 10.1. The summed E-state index contributed by atoms with van der Waals surface area (Å²) >= 11 is 0. The molecule has 0 spiro atoms. The number of likely N-dealkylation sites (tertiary alicyclic amines) is 1. The number of aryl methyl sites for hydroxylation is 2. The van der Waals surface area contributed by atoms with Crippen LogP contribution in [0.4, 0.5) is 4.39 Å². The van der Waals surface area contributed by atoms with E-state index in [4.69, 9.17) is 4.74 Å². The maximum absolute atomic E-state index is 13.4. The van der Waals surface area contributed by atoms with Crippen LogP contribution in [0.1, 0.15) is 23.0 Å². The van der Waals surface area contributed by atoms with Crippen LogP contribution in [-0.2, 0) is 6.54 Å². The van der Waals surface area contributed by atoms with Gasteiger partial charge in [0.15, 0.2) is 0 Å². The fraction of sp³-hybridized carbons (Fsp3) is 0.438. The van der Waals surface area contributed by atoms with Gasteiger partial charge in [0.05, 0.1) is 18.8 Å². The lowest BCUT2D eigenvalue weighted by Crippen LogP contribution is -2.47. The van der Waals surface area contributed by atoms with Crippen LogP contribution >= 0.6 is 0 Å². The molecule has 1 fully saturated rings. The number of ether oxygens (including phenoxy) is 1. The number of benzene rings is 1. The number of halogens is 1. The van der Waals surface area contributed by atoms with Crippen molar-refractivity contribution in [2.75, 3.05) is 20.2 Å². The van der Waals surface area contributed by atoms with Crippen LogP contribution < -0.4 is 4.74 Å². The maximum Gasteiger partial charge on any atom is 0.123 e. The molecule has 0 aliphatic carbocycles. The Labute approximate surface area is 124 Å². The Morgan fingerprint density at radius 3 is 2.67 bits per heavy atom. The molecule has 0 bridgehead atoms. The fourth-order valence-corrected chi connectivity index (χ4v) is 2.95. The van der Waals surface area contributed by atoms with E-state index in [1.54, 1.807) is 19.2 Å². The molecule has 1 aliphatic rings. The molecule has 0 radical (unpaired) electrons. The van der Waals surface area contributed by atoms with Crippen molar-refractivity contribution in [3.63, 3.8) is 0 Å². The molecule has 0 saturated carbocycles. The average Bonchev–Trinajstić information content (AvgIpc) is 2.72. The van der Waals surface area contributed by atoms with Crippen molar-refractivity contribution in [3.05, 3.63) is 47.0 Å². The zero-order valence-corrected chi connectivity index (χ0v) is 12.6. The number of hydrogen-bond donors (Lipinski definition) is 0. The molecule has 112 valence electrons. The maximum atomic E-state index is 13.4. The molecule has 2 heterocycles. The Morgan fingerprint density at radius 1 is 1.29 bits per heavy atom. The van der Waals surface area contributed by atoms with Gasteiger partial charge in [-0.1, -0.05) is 0 Å². The zero-order chi connectivity index (χ0) is 15.0. The van der Waals surface area contributed by atoms with E-state index in [0.29, 0.717) is 12.6 Å². The summed E-state index contributed by atoms with van der Waals surface area (Å²) in [5, 5.41) is 4.53. The largest absolute Gasteiger partial charge is 0.496 e. The smallest absolute Gasteiger partial charge is 0.123 e. The van der Waals surface area contributed by atoms with Gasteiger partial charge in [-0.25, -0.2) is 4.39 Å². The Hall–Kier alpha value is -1.88. The number of hydrogen-bond acceptors (Lipinski definition) is 3. The number of methoxy groups -OCH3 is 1. The van der Waals surface area contributed by atoms with Crippen molar-refractivity contribution >= 4 is 0 Å². The fourth-order valence-electron chi connectivity index (χ4n) is 2.95. The Kier molecular flexibility index (Phi) is 3.68. The first-order valence-electron chi connectivity index (χ1n) is 7.14. The van der Waals surface area contributed by atoms with Crippen molar-refractivity contribution in [1.82, 2.24) is 14.7 Å². The molecular formula is C16H20FN3O. The molecule has 1 aliphatic heterocycles. The normalized spacial score (nSPS) is 16.0. The lowest BCUT2D eigenvalue weighted by Gasteiger charge is -2.40. The van der Waals surface area contributed by atoms with Crippen LogP contribution in [0.5, 0.6) is 5.75 Å². The summed E-state index contributed by atoms with van der Waals surface area (Å²) in [5.41, 5.74) is 3.14. The van der Waals surface area contributed by atoms with Crippen molar-refractivity contribution in [3.8, 4) is 5.75 Å². The molecule has 0 unspecified atom stereocenters. The zero-order valence-electron chi connectivity index (χ0n) is 12.6. The summed E-state index contributed by atoms with van der Waals surface area (Å²) in [6, 6.07) is 7.17. The first-order valence-corrected chi connectivity index (χ1v) is 7.14. The third-order valence-electron chi connectivity index (χ3n) is 3.96. The number of rotatable bonds is 4. The van der Waals surface area contributed by atoms with E-state index < -0.39 is 0 Å². The quantitative estimate of drug-likeness (QED) is 0.867. The van der Waals surface area contributed by atoms with Gasteiger partial charge < -0.3 is 4.74 Å². The second-order valence-electron chi connectivity index (χ2n) is 5.68. The average molecular weight is 289 g/mol. The molecule has 2 aromatic rings. The van der Waals surface area contributed by atoms with E-state index in [9.17, 15) is 4.39 Å². The summed E-state index contributed by atoms with van der Waals surface area (Å²) in [4.78, 5) is 2.28. The van der Waals surface area contributed by atoms with Gasteiger partial charge in [-0.15, -0.1) is 0 Å². The topological polar surface area (TPSA) is 30.3 Å². The Morgan fingerprint density at radius 2 is 2.05 bits per heavy atom. The van der Waals surface area contributed by atoms with E-state index in [0.717, 1.165) is 30.1 Å². The molecular weight excluding hydrogens is 269 g/mol. The third kappa shape index (κ3) is 2.78. The molecule has 4 nitrogen and oxygen atoms in total. The van der Waals surface area contributed by atoms with Crippen molar-refractivity contribution in [2.24, 2.45) is 0 Å². The third-order valence-corrected chi connectivity index (χ3v) is 3.96. The Bertz CT molecular complexity index is 647. The number of aromatic nitrogens is 2. The molecule has 3 rings (SSSR count). The van der Waals surface area contributed by atoms with E-state index in [1.165, 1.54) is 11.8 Å². The van der Waals surface area contributed by atoms with E-state index >= 15 is 0 Å². The van der Waals surface area contributed by atoms with Crippen LogP contribution in [0.3, 0.4) is 0 Å². The molecule has 0 amide bonds. The minimum atomic E-state index is -0.221. The van der Waals surface area contributed by atoms with Gasteiger partial charge in [0.25, 0.3) is 0 Å². The standard InChI is InChI=1S/C16H20FN3O/c1-11-6-12(2)20(18-11)15-9-19(10-15)8-13-7-14(17)4-5-16(13)21-3/h4-7,15H,8-10H2,1-3H3. The molecule has 0 atom stereocenters. The van der Waals surface area contributed by atoms with Gasteiger partial charge in [0, 0.05) is 30.9 Å². The van der Waals surface area contributed by atoms with Gasteiger partial charge >= 0.3 is 0 Å². The van der Waals surface area contributed by atoms with Gasteiger partial charge in [-0.2, -0.15) is 5.10 Å². The summed E-state index contributed by atoms with van der Waals surface area (Å²) in [6.45, 7) is 6.66. The predicted octanol–water partition coefficient (Wildman–Crippen LogP) is 2.70. The van der Waals surface area contributed by atoms with Crippen LogP contribution in [0.2, 0.25) is 0 Å². The summed E-state index contributed by atoms with van der Waals surface area (Å²) in [7, 11) is 1.62. The van der Waals surface area contributed by atoms with Crippen LogP contribution in [0.15, 0.2) is 24.3 Å². The predicted molar refractivity (Wildman–Crippen MR) is 79.0 cm³/mol. The van der Waals surface area contributed by atoms with Crippen molar-refractivity contribution < 1.29 is 9.13 Å². The first kappa shape index (κ1) is 14.1. The second kappa shape index (κ2) is 5.48. The van der Waals surface area contributed by atoms with Crippen LogP contribution in [-0.4, -0.2) is 34.9 Å². The highest BCUT2D eigenvalue weighted by Crippen LogP contribution is 2.27. The molecule has 0 N–H and O–H groups in total. The Balaban J connectivity index is 1.65. The molecule has 1 aromatic heterocycles. The second-order valence-corrected chi connectivity index (χ2v) is 5.68. The minimum absolute atomic E-state index is 0.221.